The lowest BCUT2D eigenvalue weighted by Crippen LogP contribution is -2.32. The zero-order chi connectivity index (χ0) is 22.3. The van der Waals surface area contributed by atoms with E-state index in [-0.39, 0.29) is 45.6 Å². The number of benzene rings is 2. The highest BCUT2D eigenvalue weighted by Crippen LogP contribution is 2.46. The molecule has 158 valence electrons. The molecule has 3 N–H and O–H groups in total. The number of hydrogen-bond acceptors (Lipinski definition) is 7. The number of H-pyrrole nitrogens is 1. The second-order valence-electron chi connectivity index (χ2n) is 6.74. The summed E-state index contributed by atoms with van der Waals surface area (Å²) in [6, 6.07) is 10.7. The SMILES string of the molecule is CCOC(=O)C1=C(N)Oc2c(c(=O)[nH]c3ccccc23)[C@H]1c1cc([N+](=O)[O-])ccc1Cl. The van der Waals surface area contributed by atoms with E-state index in [1.165, 1.54) is 18.2 Å². The van der Waals surface area contributed by atoms with Gasteiger partial charge in [-0.25, -0.2) is 4.79 Å². The van der Waals surface area contributed by atoms with Crippen molar-refractivity contribution in [2.75, 3.05) is 6.61 Å². The highest BCUT2D eigenvalue weighted by Gasteiger charge is 2.40. The Hall–Kier alpha value is -3.85. The molecule has 9 nitrogen and oxygen atoms in total. The van der Waals surface area contributed by atoms with Crippen LogP contribution in [-0.4, -0.2) is 22.5 Å². The second-order valence-corrected chi connectivity index (χ2v) is 7.15. The van der Waals surface area contributed by atoms with E-state index in [9.17, 15) is 19.7 Å². The molecule has 0 unspecified atom stereocenters. The average Bonchev–Trinajstić information content (AvgIpc) is 2.73. The Morgan fingerprint density at radius 2 is 2.06 bits per heavy atom. The zero-order valence-electron chi connectivity index (χ0n) is 16.2. The fraction of sp³-hybridized carbons (Fsp3) is 0.143. The lowest BCUT2D eigenvalue weighted by Gasteiger charge is -2.28. The Labute approximate surface area is 180 Å². The normalized spacial score (nSPS) is 15.4. The van der Waals surface area contributed by atoms with Crippen molar-refractivity contribution >= 4 is 34.2 Å². The largest absolute Gasteiger partial charge is 0.462 e. The van der Waals surface area contributed by atoms with Gasteiger partial charge in [-0.05, 0) is 30.7 Å². The molecule has 31 heavy (non-hydrogen) atoms. The summed E-state index contributed by atoms with van der Waals surface area (Å²) in [5, 5.41) is 12.0. The van der Waals surface area contributed by atoms with Crippen molar-refractivity contribution in [3.8, 4) is 5.75 Å². The minimum atomic E-state index is -1.14. The van der Waals surface area contributed by atoms with Gasteiger partial charge >= 0.3 is 5.97 Å². The van der Waals surface area contributed by atoms with E-state index in [0.29, 0.717) is 10.9 Å². The molecule has 2 aromatic carbocycles. The van der Waals surface area contributed by atoms with Gasteiger partial charge in [0, 0.05) is 22.5 Å². The van der Waals surface area contributed by atoms with Crippen LogP contribution >= 0.6 is 11.6 Å². The highest BCUT2D eigenvalue weighted by atomic mass is 35.5. The van der Waals surface area contributed by atoms with Crippen LogP contribution in [0.25, 0.3) is 10.9 Å². The lowest BCUT2D eigenvalue weighted by atomic mass is 9.82. The standard InChI is InChI=1S/C21H16ClN3O6/c1-2-30-21(27)17-15(12-9-10(25(28)29)7-8-13(12)22)16-18(31-19(17)23)11-5-3-4-6-14(11)24-20(16)26/h3-9,15H,2,23H2,1H3,(H,24,26)/t15-/m1/s1. The minimum Gasteiger partial charge on any atom is -0.462 e. The molecule has 0 aliphatic carbocycles. The fourth-order valence-corrected chi connectivity index (χ4v) is 3.88. The van der Waals surface area contributed by atoms with E-state index in [4.69, 9.17) is 26.8 Å². The number of nitrogens with two attached hydrogens (primary N) is 1. The highest BCUT2D eigenvalue weighted by molar-refractivity contribution is 6.31. The fourth-order valence-electron chi connectivity index (χ4n) is 3.66. The summed E-state index contributed by atoms with van der Waals surface area (Å²) in [5.41, 5.74) is 5.87. The Bertz CT molecular complexity index is 1330. The Morgan fingerprint density at radius 1 is 1.32 bits per heavy atom. The number of para-hydroxylation sites is 1. The van der Waals surface area contributed by atoms with Crippen LogP contribution in [0.1, 0.15) is 24.0 Å². The Morgan fingerprint density at radius 3 is 2.77 bits per heavy atom. The summed E-state index contributed by atoms with van der Waals surface area (Å²) in [6.45, 7) is 1.66. The van der Waals surface area contributed by atoms with Crippen LogP contribution in [-0.2, 0) is 9.53 Å². The molecule has 1 aliphatic rings. The lowest BCUT2D eigenvalue weighted by molar-refractivity contribution is -0.384. The summed E-state index contributed by atoms with van der Waals surface area (Å²) in [5.74, 6) is -2.07. The maximum absolute atomic E-state index is 13.1. The quantitative estimate of drug-likeness (QED) is 0.359. The van der Waals surface area contributed by atoms with Gasteiger partial charge in [0.1, 0.15) is 11.3 Å². The maximum Gasteiger partial charge on any atom is 0.340 e. The first-order chi connectivity index (χ1) is 14.8. The number of non-ortho nitro benzene ring substituents is 1. The van der Waals surface area contributed by atoms with Gasteiger partial charge in [0.15, 0.2) is 0 Å². The molecule has 1 aliphatic heterocycles. The molecule has 1 aromatic heterocycles. The van der Waals surface area contributed by atoms with Crippen molar-refractivity contribution in [1.29, 1.82) is 0 Å². The number of ether oxygens (including phenoxy) is 2. The molecule has 2 heterocycles. The number of nitro groups is 1. The number of halogens is 1. The molecule has 0 bridgehead atoms. The molecule has 1 atom stereocenters. The third-order valence-corrected chi connectivity index (χ3v) is 5.30. The van der Waals surface area contributed by atoms with Gasteiger partial charge < -0.3 is 20.2 Å². The third-order valence-electron chi connectivity index (χ3n) is 4.96. The van der Waals surface area contributed by atoms with E-state index in [2.05, 4.69) is 4.98 Å². The number of hydrogen-bond donors (Lipinski definition) is 2. The number of carbonyl (C=O) groups excluding carboxylic acids is 1. The molecular weight excluding hydrogens is 426 g/mol. The van der Waals surface area contributed by atoms with Crippen molar-refractivity contribution in [2.45, 2.75) is 12.8 Å². The number of nitrogens with zero attached hydrogens (tertiary/aromatic N) is 1. The van der Waals surface area contributed by atoms with Gasteiger partial charge in [0.05, 0.1) is 28.5 Å². The Balaban J connectivity index is 2.09. The number of rotatable bonds is 4. The van der Waals surface area contributed by atoms with E-state index in [1.807, 2.05) is 0 Å². The van der Waals surface area contributed by atoms with Crippen LogP contribution in [0.3, 0.4) is 0 Å². The topological polar surface area (TPSA) is 138 Å². The first-order valence-electron chi connectivity index (χ1n) is 9.26. The van der Waals surface area contributed by atoms with Crippen LogP contribution in [0.4, 0.5) is 5.69 Å². The summed E-state index contributed by atoms with van der Waals surface area (Å²) >= 11 is 6.37. The van der Waals surface area contributed by atoms with Crippen molar-refractivity contribution in [1.82, 2.24) is 4.98 Å². The van der Waals surface area contributed by atoms with Gasteiger partial charge in [-0.15, -0.1) is 0 Å². The van der Waals surface area contributed by atoms with Gasteiger partial charge in [-0.1, -0.05) is 23.7 Å². The number of aromatic amines is 1. The van der Waals surface area contributed by atoms with E-state index < -0.39 is 22.4 Å². The molecule has 0 amide bonds. The van der Waals surface area contributed by atoms with Gasteiger partial charge in [-0.3, -0.25) is 14.9 Å². The smallest absolute Gasteiger partial charge is 0.340 e. The van der Waals surface area contributed by atoms with E-state index in [1.54, 1.807) is 31.2 Å². The van der Waals surface area contributed by atoms with Gasteiger partial charge in [0.2, 0.25) is 5.88 Å². The number of nitrogens with one attached hydrogen (secondary N) is 1. The van der Waals surface area contributed by atoms with Crippen LogP contribution in [0.15, 0.2) is 58.7 Å². The van der Waals surface area contributed by atoms with E-state index >= 15 is 0 Å². The van der Waals surface area contributed by atoms with Crippen LogP contribution in [0.2, 0.25) is 5.02 Å². The number of fused-ring (bicyclic) bond motifs is 3. The molecule has 4 rings (SSSR count). The molecular formula is C21H16ClN3O6. The molecule has 3 aromatic rings. The van der Waals surface area contributed by atoms with E-state index in [0.717, 1.165) is 0 Å². The number of esters is 1. The van der Waals surface area contributed by atoms with Crippen molar-refractivity contribution in [3.05, 3.63) is 90.5 Å². The van der Waals surface area contributed by atoms with Gasteiger partial charge in [-0.2, -0.15) is 0 Å². The Kier molecular flexibility index (Phi) is 5.12. The summed E-state index contributed by atoms with van der Waals surface area (Å²) < 4.78 is 10.9. The predicted octanol–water partition coefficient (Wildman–Crippen LogP) is 3.35. The second kappa shape index (κ2) is 7.77. The van der Waals surface area contributed by atoms with Gasteiger partial charge in [0.25, 0.3) is 11.2 Å². The van der Waals surface area contributed by atoms with Crippen molar-refractivity contribution in [2.24, 2.45) is 5.73 Å². The summed E-state index contributed by atoms with van der Waals surface area (Å²) in [7, 11) is 0. The predicted molar refractivity (Wildman–Crippen MR) is 113 cm³/mol. The summed E-state index contributed by atoms with van der Waals surface area (Å²) in [4.78, 5) is 39.4. The molecule has 10 heteroatoms. The van der Waals surface area contributed by atoms with Crippen LogP contribution in [0, 0.1) is 10.1 Å². The minimum absolute atomic E-state index is 0.0476. The molecule has 0 radical (unpaired) electrons. The molecule has 0 saturated heterocycles. The summed E-state index contributed by atoms with van der Waals surface area (Å²) in [6.07, 6.45) is 0. The van der Waals surface area contributed by atoms with Crippen LogP contribution < -0.4 is 16.0 Å². The number of carbonyl (C=O) groups is 1. The molecule has 0 spiro atoms. The van der Waals surface area contributed by atoms with Crippen molar-refractivity contribution in [3.63, 3.8) is 0 Å². The first-order valence-corrected chi connectivity index (χ1v) is 9.64. The third kappa shape index (κ3) is 3.38. The van der Waals surface area contributed by atoms with Crippen LogP contribution in [0.5, 0.6) is 5.75 Å². The number of nitro benzene ring substituents is 1. The number of aromatic nitrogens is 1. The molecule has 0 fully saturated rings. The average molecular weight is 442 g/mol. The molecule has 0 saturated carbocycles. The van der Waals surface area contributed by atoms with Crippen molar-refractivity contribution < 1.29 is 19.2 Å². The zero-order valence-corrected chi connectivity index (χ0v) is 16.9. The number of pyridine rings is 1. The first kappa shape index (κ1) is 20.4. The maximum atomic E-state index is 13.1. The monoisotopic (exact) mass is 441 g/mol.